The molecule has 0 spiro atoms. The fourth-order valence-electron chi connectivity index (χ4n) is 2.78. The number of carbonyl (C=O) groups excluding carboxylic acids is 3. The van der Waals surface area contributed by atoms with Gasteiger partial charge in [-0.1, -0.05) is 26.0 Å². The van der Waals surface area contributed by atoms with E-state index in [0.29, 0.717) is 35.8 Å². The number of nitrogens with zero attached hydrogens (tertiary/aromatic N) is 1. The second kappa shape index (κ2) is 12.5. The zero-order chi connectivity index (χ0) is 23.5. The van der Waals surface area contributed by atoms with Crippen molar-refractivity contribution >= 4 is 23.5 Å². The van der Waals surface area contributed by atoms with Crippen LogP contribution >= 0.6 is 0 Å². The van der Waals surface area contributed by atoms with E-state index in [9.17, 15) is 14.4 Å². The zero-order valence-corrected chi connectivity index (χ0v) is 19.2. The highest BCUT2D eigenvalue weighted by molar-refractivity contribution is 5.96. The van der Waals surface area contributed by atoms with Gasteiger partial charge in [-0.3, -0.25) is 9.59 Å². The highest BCUT2D eigenvalue weighted by Crippen LogP contribution is 2.10. The van der Waals surface area contributed by atoms with Gasteiger partial charge in [-0.25, -0.2) is 4.79 Å². The molecule has 2 aromatic carbocycles. The van der Waals surface area contributed by atoms with E-state index in [2.05, 4.69) is 21.3 Å². The van der Waals surface area contributed by atoms with Crippen LogP contribution in [0.5, 0.6) is 0 Å². The van der Waals surface area contributed by atoms with Crippen molar-refractivity contribution in [1.82, 2.24) is 20.9 Å². The minimum absolute atomic E-state index is 0.139. The van der Waals surface area contributed by atoms with Crippen LogP contribution in [-0.2, 0) is 6.54 Å². The maximum atomic E-state index is 12.2. The van der Waals surface area contributed by atoms with E-state index in [1.807, 2.05) is 38.9 Å². The predicted octanol–water partition coefficient (Wildman–Crippen LogP) is 2.69. The topological polar surface area (TPSA) is 103 Å². The number of hydrogen-bond acceptors (Lipinski definition) is 4. The second-order valence-corrected chi connectivity index (χ2v) is 8.25. The van der Waals surface area contributed by atoms with E-state index in [-0.39, 0.29) is 24.4 Å². The SMILES string of the molecule is CC(C)CNC(=O)c1ccc(NC(=O)NCc2cccc(C(=O)NCCN(C)C)c2)cc1. The smallest absolute Gasteiger partial charge is 0.319 e. The molecule has 2 aromatic rings. The molecule has 0 aliphatic carbocycles. The third kappa shape index (κ3) is 8.77. The Labute approximate surface area is 189 Å². The van der Waals surface area contributed by atoms with Crippen LogP contribution in [-0.4, -0.2) is 56.5 Å². The van der Waals surface area contributed by atoms with E-state index < -0.39 is 0 Å². The van der Waals surface area contributed by atoms with Gasteiger partial charge in [0, 0.05) is 43.0 Å². The number of rotatable bonds is 10. The summed E-state index contributed by atoms with van der Waals surface area (Å²) in [6.45, 7) is 6.28. The lowest BCUT2D eigenvalue weighted by Crippen LogP contribution is -2.31. The van der Waals surface area contributed by atoms with Gasteiger partial charge >= 0.3 is 6.03 Å². The minimum Gasteiger partial charge on any atom is -0.352 e. The molecular formula is C24H33N5O3. The van der Waals surface area contributed by atoms with Crippen LogP contribution in [0.25, 0.3) is 0 Å². The number of benzene rings is 2. The molecule has 172 valence electrons. The van der Waals surface area contributed by atoms with Gasteiger partial charge in [-0.2, -0.15) is 0 Å². The van der Waals surface area contributed by atoms with Crippen molar-refractivity contribution in [3.63, 3.8) is 0 Å². The third-order valence-corrected chi connectivity index (χ3v) is 4.56. The Morgan fingerprint density at radius 3 is 2.22 bits per heavy atom. The van der Waals surface area contributed by atoms with E-state index in [0.717, 1.165) is 12.1 Å². The summed E-state index contributed by atoms with van der Waals surface area (Å²) >= 11 is 0. The standard InChI is InChI=1S/C24H33N5O3/c1-17(2)15-26-22(30)19-8-10-21(11-9-19)28-24(32)27-16-18-6-5-7-20(14-18)23(31)25-12-13-29(3)4/h5-11,14,17H,12-13,15-16H2,1-4H3,(H,25,31)(H,26,30)(H2,27,28,32). The van der Waals surface area contributed by atoms with Gasteiger partial charge in [-0.05, 0) is 62.0 Å². The van der Waals surface area contributed by atoms with Gasteiger partial charge in [-0.15, -0.1) is 0 Å². The first-order valence-electron chi connectivity index (χ1n) is 10.7. The lowest BCUT2D eigenvalue weighted by Gasteiger charge is -2.11. The molecule has 0 aromatic heterocycles. The maximum Gasteiger partial charge on any atom is 0.319 e. The van der Waals surface area contributed by atoms with Crippen molar-refractivity contribution in [2.75, 3.05) is 39.0 Å². The average Bonchev–Trinajstić information content (AvgIpc) is 2.76. The average molecular weight is 440 g/mol. The lowest BCUT2D eigenvalue weighted by atomic mass is 10.1. The summed E-state index contributed by atoms with van der Waals surface area (Å²) in [5.74, 6) is 0.0951. The summed E-state index contributed by atoms with van der Waals surface area (Å²) in [6, 6.07) is 13.5. The van der Waals surface area contributed by atoms with Crippen LogP contribution in [0.3, 0.4) is 0 Å². The van der Waals surface area contributed by atoms with E-state index in [1.165, 1.54) is 0 Å². The first-order chi connectivity index (χ1) is 15.2. The van der Waals surface area contributed by atoms with Crippen molar-refractivity contribution in [2.45, 2.75) is 20.4 Å². The van der Waals surface area contributed by atoms with Crippen molar-refractivity contribution in [2.24, 2.45) is 5.92 Å². The fourth-order valence-corrected chi connectivity index (χ4v) is 2.78. The van der Waals surface area contributed by atoms with Gasteiger partial charge in [0.05, 0.1) is 0 Å². The summed E-state index contributed by atoms with van der Waals surface area (Å²) in [7, 11) is 3.89. The molecule has 0 saturated carbocycles. The number of carbonyl (C=O) groups is 3. The minimum atomic E-state index is -0.372. The van der Waals surface area contributed by atoms with Crippen molar-refractivity contribution in [1.29, 1.82) is 0 Å². The number of anilines is 1. The highest BCUT2D eigenvalue weighted by atomic mass is 16.2. The summed E-state index contributed by atoms with van der Waals surface area (Å²) in [5.41, 5.74) is 2.49. The quantitative estimate of drug-likeness (QED) is 0.457. The number of hydrogen-bond donors (Lipinski definition) is 4. The maximum absolute atomic E-state index is 12.2. The van der Waals surface area contributed by atoms with Gasteiger partial charge in [0.25, 0.3) is 11.8 Å². The molecule has 0 aliphatic heterocycles. The Balaban J connectivity index is 1.83. The molecule has 0 fully saturated rings. The molecule has 0 atom stereocenters. The van der Waals surface area contributed by atoms with Crippen molar-refractivity contribution in [3.8, 4) is 0 Å². The predicted molar refractivity (Wildman–Crippen MR) is 127 cm³/mol. The van der Waals surface area contributed by atoms with Crippen LogP contribution < -0.4 is 21.3 Å². The molecule has 0 radical (unpaired) electrons. The zero-order valence-electron chi connectivity index (χ0n) is 19.2. The third-order valence-electron chi connectivity index (χ3n) is 4.56. The molecule has 4 N–H and O–H groups in total. The number of amides is 4. The lowest BCUT2D eigenvalue weighted by molar-refractivity contribution is 0.0942. The molecule has 0 heterocycles. The molecular weight excluding hydrogens is 406 g/mol. The van der Waals surface area contributed by atoms with E-state index in [4.69, 9.17) is 0 Å². The summed E-state index contributed by atoms with van der Waals surface area (Å²) in [5, 5.41) is 11.2. The number of urea groups is 1. The largest absolute Gasteiger partial charge is 0.352 e. The van der Waals surface area contributed by atoms with Gasteiger partial charge in [0.2, 0.25) is 0 Å². The normalized spacial score (nSPS) is 10.7. The molecule has 0 bridgehead atoms. The molecule has 0 saturated heterocycles. The first kappa shape index (κ1) is 24.9. The van der Waals surface area contributed by atoms with E-state index >= 15 is 0 Å². The monoisotopic (exact) mass is 439 g/mol. The van der Waals surface area contributed by atoms with Gasteiger partial charge < -0.3 is 26.2 Å². The van der Waals surface area contributed by atoms with Crippen LogP contribution in [0.2, 0.25) is 0 Å². The van der Waals surface area contributed by atoms with Crippen molar-refractivity contribution in [3.05, 3.63) is 65.2 Å². The van der Waals surface area contributed by atoms with Crippen LogP contribution in [0.15, 0.2) is 48.5 Å². The Kier molecular flexibility index (Phi) is 9.69. The fraction of sp³-hybridized carbons (Fsp3) is 0.375. The molecule has 2 rings (SSSR count). The van der Waals surface area contributed by atoms with E-state index in [1.54, 1.807) is 42.5 Å². The summed E-state index contributed by atoms with van der Waals surface area (Å²) in [4.78, 5) is 38.5. The Morgan fingerprint density at radius 2 is 1.56 bits per heavy atom. The first-order valence-corrected chi connectivity index (χ1v) is 10.7. The van der Waals surface area contributed by atoms with Crippen LogP contribution in [0, 0.1) is 5.92 Å². The summed E-state index contributed by atoms with van der Waals surface area (Å²) in [6.07, 6.45) is 0. The van der Waals surface area contributed by atoms with Crippen LogP contribution in [0.4, 0.5) is 10.5 Å². The Bertz CT molecular complexity index is 910. The second-order valence-electron chi connectivity index (χ2n) is 8.25. The van der Waals surface area contributed by atoms with Crippen molar-refractivity contribution < 1.29 is 14.4 Å². The highest BCUT2D eigenvalue weighted by Gasteiger charge is 2.09. The molecule has 0 aliphatic rings. The number of nitrogens with one attached hydrogen (secondary N) is 4. The molecule has 4 amide bonds. The van der Waals surface area contributed by atoms with Gasteiger partial charge in [0.1, 0.15) is 0 Å². The van der Waals surface area contributed by atoms with Crippen LogP contribution in [0.1, 0.15) is 40.1 Å². The Morgan fingerprint density at radius 1 is 0.875 bits per heavy atom. The Hall–Kier alpha value is -3.39. The van der Waals surface area contributed by atoms with Gasteiger partial charge in [0.15, 0.2) is 0 Å². The molecule has 0 unspecified atom stereocenters. The molecule has 32 heavy (non-hydrogen) atoms. The molecule has 8 nitrogen and oxygen atoms in total. The summed E-state index contributed by atoms with van der Waals surface area (Å²) < 4.78 is 0. The number of likely N-dealkylation sites (N-methyl/N-ethyl adjacent to an activating group) is 1. The molecule has 8 heteroatoms.